The van der Waals surface area contributed by atoms with E-state index in [2.05, 4.69) is 46.5 Å². The van der Waals surface area contributed by atoms with Crippen molar-refractivity contribution < 1.29 is 4.79 Å². The lowest BCUT2D eigenvalue weighted by atomic mass is 10.2. The monoisotopic (exact) mass is 400 g/mol. The van der Waals surface area contributed by atoms with E-state index in [1.807, 2.05) is 53.7 Å². The summed E-state index contributed by atoms with van der Waals surface area (Å²) in [6.45, 7) is 8.42. The van der Waals surface area contributed by atoms with Crippen molar-refractivity contribution in [2.45, 2.75) is 20.4 Å². The smallest absolute Gasteiger partial charge is 0.246 e. The Balaban J connectivity index is 1.37. The van der Waals surface area contributed by atoms with Crippen LogP contribution in [-0.2, 0) is 11.3 Å². The molecule has 3 heterocycles. The average molecular weight is 401 g/mol. The molecule has 0 N–H and O–H groups in total. The van der Waals surface area contributed by atoms with Crippen LogP contribution in [0.15, 0.2) is 67.0 Å². The number of hydrogen-bond donors (Lipinski definition) is 0. The molecule has 1 saturated heterocycles. The lowest BCUT2D eigenvalue weighted by molar-refractivity contribution is -0.127. The normalized spacial score (nSPS) is 15.1. The van der Waals surface area contributed by atoms with E-state index in [-0.39, 0.29) is 5.91 Å². The quantitative estimate of drug-likeness (QED) is 0.611. The number of piperazine rings is 1. The zero-order valence-corrected chi connectivity index (χ0v) is 17.7. The number of aromatic nitrogens is 2. The summed E-state index contributed by atoms with van der Waals surface area (Å²) in [7, 11) is 0. The first kappa shape index (κ1) is 20.1. The second-order valence-electron chi connectivity index (χ2n) is 7.79. The van der Waals surface area contributed by atoms with Gasteiger partial charge in [0.1, 0.15) is 0 Å². The third-order valence-electron chi connectivity index (χ3n) is 5.73. The molecule has 154 valence electrons. The van der Waals surface area contributed by atoms with Crippen molar-refractivity contribution in [1.82, 2.24) is 19.4 Å². The SMILES string of the molecule is Cc1cc(/C=C/C(=O)N2CCN(Cc3ccncc3)CC2)c(C)n1-c1ccccc1. The Kier molecular flexibility index (Phi) is 6.10. The molecule has 1 aliphatic rings. The summed E-state index contributed by atoms with van der Waals surface area (Å²) in [5.41, 5.74) is 5.80. The maximum atomic E-state index is 12.7. The Morgan fingerprint density at radius 2 is 1.70 bits per heavy atom. The van der Waals surface area contributed by atoms with Gasteiger partial charge < -0.3 is 9.47 Å². The summed E-state index contributed by atoms with van der Waals surface area (Å²) in [5.74, 6) is 0.0862. The van der Waals surface area contributed by atoms with Crippen LogP contribution < -0.4 is 0 Å². The number of hydrogen-bond acceptors (Lipinski definition) is 3. The predicted molar refractivity (Wildman–Crippen MR) is 120 cm³/mol. The Morgan fingerprint density at radius 1 is 1.00 bits per heavy atom. The van der Waals surface area contributed by atoms with Crippen molar-refractivity contribution in [2.24, 2.45) is 0 Å². The number of aryl methyl sites for hydroxylation is 1. The van der Waals surface area contributed by atoms with E-state index in [9.17, 15) is 4.79 Å². The Bertz CT molecular complexity index is 1020. The fourth-order valence-electron chi connectivity index (χ4n) is 4.07. The van der Waals surface area contributed by atoms with Gasteiger partial charge in [0.2, 0.25) is 5.91 Å². The summed E-state index contributed by atoms with van der Waals surface area (Å²) in [6, 6.07) is 16.5. The molecule has 0 unspecified atom stereocenters. The molecule has 30 heavy (non-hydrogen) atoms. The van der Waals surface area contributed by atoms with E-state index in [4.69, 9.17) is 0 Å². The average Bonchev–Trinajstić information content (AvgIpc) is 3.07. The number of benzene rings is 1. The minimum absolute atomic E-state index is 0.0862. The fourth-order valence-corrected chi connectivity index (χ4v) is 4.07. The van der Waals surface area contributed by atoms with E-state index in [0.29, 0.717) is 0 Å². The first-order chi connectivity index (χ1) is 14.6. The fraction of sp³-hybridized carbons (Fsp3) is 0.280. The number of carbonyl (C=O) groups excluding carboxylic acids is 1. The lowest BCUT2D eigenvalue weighted by Crippen LogP contribution is -2.47. The molecule has 0 saturated carbocycles. The molecular weight excluding hydrogens is 372 g/mol. The van der Waals surface area contributed by atoms with E-state index in [1.165, 1.54) is 5.56 Å². The van der Waals surface area contributed by atoms with Crippen LogP contribution in [0.2, 0.25) is 0 Å². The highest BCUT2D eigenvalue weighted by Crippen LogP contribution is 2.21. The highest BCUT2D eigenvalue weighted by atomic mass is 16.2. The van der Waals surface area contributed by atoms with Gasteiger partial charge in [0, 0.05) is 68.3 Å². The van der Waals surface area contributed by atoms with Crippen molar-refractivity contribution in [3.63, 3.8) is 0 Å². The van der Waals surface area contributed by atoms with Gasteiger partial charge >= 0.3 is 0 Å². The Hall–Kier alpha value is -3.18. The van der Waals surface area contributed by atoms with Crippen molar-refractivity contribution in [3.8, 4) is 5.69 Å². The third-order valence-corrected chi connectivity index (χ3v) is 5.73. The standard InChI is InChI=1S/C25H28N4O/c1-20-18-23(21(2)29(20)24-6-4-3-5-7-24)8-9-25(30)28-16-14-27(15-17-28)19-22-10-12-26-13-11-22/h3-13,18H,14-17,19H2,1-2H3/b9-8+. The molecule has 0 spiro atoms. The predicted octanol–water partition coefficient (Wildman–Crippen LogP) is 3.85. The van der Waals surface area contributed by atoms with Crippen LogP contribution in [0.5, 0.6) is 0 Å². The van der Waals surface area contributed by atoms with Gasteiger partial charge in [-0.05, 0) is 61.4 Å². The number of para-hydroxylation sites is 1. The first-order valence-corrected chi connectivity index (χ1v) is 10.4. The van der Waals surface area contributed by atoms with Gasteiger partial charge in [-0.15, -0.1) is 0 Å². The summed E-state index contributed by atoms with van der Waals surface area (Å²) in [5, 5.41) is 0. The van der Waals surface area contributed by atoms with Crippen molar-refractivity contribution >= 4 is 12.0 Å². The highest BCUT2D eigenvalue weighted by molar-refractivity contribution is 5.92. The van der Waals surface area contributed by atoms with Crippen LogP contribution in [-0.4, -0.2) is 51.4 Å². The molecule has 0 atom stereocenters. The maximum Gasteiger partial charge on any atom is 0.246 e. The Labute approximate surface area is 178 Å². The molecule has 1 aliphatic heterocycles. The van der Waals surface area contributed by atoms with Gasteiger partial charge in [0.25, 0.3) is 0 Å². The molecule has 5 heteroatoms. The van der Waals surface area contributed by atoms with Gasteiger partial charge in [0.05, 0.1) is 0 Å². The zero-order chi connectivity index (χ0) is 20.9. The van der Waals surface area contributed by atoms with Gasteiger partial charge in [-0.2, -0.15) is 0 Å². The van der Waals surface area contributed by atoms with Crippen molar-refractivity contribution in [2.75, 3.05) is 26.2 Å². The molecular formula is C25H28N4O. The molecule has 1 fully saturated rings. The van der Waals surface area contributed by atoms with Crippen LogP contribution in [0.25, 0.3) is 11.8 Å². The molecule has 0 radical (unpaired) electrons. The van der Waals surface area contributed by atoms with Crippen LogP contribution in [0.3, 0.4) is 0 Å². The molecule has 5 nitrogen and oxygen atoms in total. The van der Waals surface area contributed by atoms with E-state index in [1.54, 1.807) is 6.08 Å². The highest BCUT2D eigenvalue weighted by Gasteiger charge is 2.19. The van der Waals surface area contributed by atoms with Gasteiger partial charge in [-0.3, -0.25) is 14.7 Å². The second kappa shape index (κ2) is 9.09. The minimum atomic E-state index is 0.0862. The summed E-state index contributed by atoms with van der Waals surface area (Å²) >= 11 is 0. The molecule has 0 bridgehead atoms. The zero-order valence-electron chi connectivity index (χ0n) is 17.7. The number of nitrogens with zero attached hydrogens (tertiary/aromatic N) is 4. The molecule has 1 amide bonds. The largest absolute Gasteiger partial charge is 0.337 e. The van der Waals surface area contributed by atoms with Crippen molar-refractivity contribution in [3.05, 3.63) is 89.5 Å². The van der Waals surface area contributed by atoms with Crippen molar-refractivity contribution in [1.29, 1.82) is 0 Å². The van der Waals surface area contributed by atoms with E-state index in [0.717, 1.165) is 55.4 Å². The molecule has 1 aromatic carbocycles. The summed E-state index contributed by atoms with van der Waals surface area (Å²) < 4.78 is 2.22. The van der Waals surface area contributed by atoms with Crippen LogP contribution in [0.1, 0.15) is 22.5 Å². The third kappa shape index (κ3) is 4.52. The van der Waals surface area contributed by atoms with Gasteiger partial charge in [-0.1, -0.05) is 18.2 Å². The Morgan fingerprint density at radius 3 is 2.40 bits per heavy atom. The minimum Gasteiger partial charge on any atom is -0.337 e. The maximum absolute atomic E-state index is 12.7. The molecule has 3 aromatic rings. The summed E-state index contributed by atoms with van der Waals surface area (Å²) in [6.07, 6.45) is 7.33. The van der Waals surface area contributed by atoms with Gasteiger partial charge in [-0.25, -0.2) is 0 Å². The topological polar surface area (TPSA) is 41.4 Å². The lowest BCUT2D eigenvalue weighted by Gasteiger charge is -2.34. The van der Waals surface area contributed by atoms with E-state index >= 15 is 0 Å². The molecule has 4 rings (SSSR count). The number of amides is 1. The van der Waals surface area contributed by atoms with Gasteiger partial charge in [0.15, 0.2) is 0 Å². The second-order valence-corrected chi connectivity index (χ2v) is 7.79. The number of carbonyl (C=O) groups is 1. The van der Waals surface area contributed by atoms with Crippen LogP contribution in [0.4, 0.5) is 0 Å². The molecule has 0 aliphatic carbocycles. The number of pyridine rings is 1. The van der Waals surface area contributed by atoms with Crippen LogP contribution >= 0.6 is 0 Å². The van der Waals surface area contributed by atoms with E-state index < -0.39 is 0 Å². The van der Waals surface area contributed by atoms with Crippen LogP contribution in [0, 0.1) is 13.8 Å². The first-order valence-electron chi connectivity index (χ1n) is 10.4. The summed E-state index contributed by atoms with van der Waals surface area (Å²) in [4.78, 5) is 21.1. The molecule has 2 aromatic heterocycles. The number of rotatable bonds is 5.